The van der Waals surface area contributed by atoms with Crippen molar-refractivity contribution in [3.63, 3.8) is 0 Å². The molecule has 3 heterocycles. The summed E-state index contributed by atoms with van der Waals surface area (Å²) in [4.78, 5) is 56.4. The van der Waals surface area contributed by atoms with Crippen molar-refractivity contribution in [2.45, 2.75) is 107 Å². The molecule has 288 valence electrons. The summed E-state index contributed by atoms with van der Waals surface area (Å²) < 4.78 is 29.2. The minimum absolute atomic E-state index is 0.0456. The van der Waals surface area contributed by atoms with Crippen LogP contribution in [0.15, 0.2) is 35.9 Å². The van der Waals surface area contributed by atoms with Crippen LogP contribution in [0.1, 0.15) is 59.4 Å². The lowest BCUT2D eigenvalue weighted by Crippen LogP contribution is -2.63. The molecule has 3 aliphatic rings. The normalized spacial score (nSPS) is 32.2. The van der Waals surface area contributed by atoms with Crippen molar-refractivity contribution in [2.24, 2.45) is 5.92 Å². The van der Waals surface area contributed by atoms with Gasteiger partial charge in [0.05, 0.1) is 25.3 Å². The van der Waals surface area contributed by atoms with Gasteiger partial charge in [0, 0.05) is 45.2 Å². The van der Waals surface area contributed by atoms with E-state index in [2.05, 4.69) is 5.32 Å². The Morgan fingerprint density at radius 1 is 1.25 bits per heavy atom. The van der Waals surface area contributed by atoms with Crippen molar-refractivity contribution >= 4 is 52.9 Å². The number of methoxy groups -OCH3 is 2. The zero-order valence-corrected chi connectivity index (χ0v) is 33.1. The van der Waals surface area contributed by atoms with Gasteiger partial charge in [0.25, 0.3) is 0 Å². The van der Waals surface area contributed by atoms with Gasteiger partial charge in [-0.15, -0.1) is 0 Å². The standard InChI is InChI=1S/C37H52ClN3O10S/c1-20-12-11-13-28(48-9)37(46)19-27(49-35(45)39-37)22(3)33-36(5,51-33)29(50-34(44)23(4)40(6)30(42)15-21(2)52-10)18-31(43)41(7)25-16-24(14-20)17-26(47-8)32(25)38/h11-13,16-17,21-23,27-29,33,46H,14-15,18-19H2,1-10H3,(H,39,45)/b13-11+,20-12+/t21?,22-,23+,27+,28-,29+,33+,36+,37+/m1/s1. The van der Waals surface area contributed by atoms with Crippen LogP contribution in [0.3, 0.4) is 0 Å². The molecule has 0 saturated carbocycles. The monoisotopic (exact) mass is 765 g/mol. The van der Waals surface area contributed by atoms with Gasteiger partial charge in [0.15, 0.2) is 5.72 Å². The van der Waals surface area contributed by atoms with Crippen LogP contribution in [-0.4, -0.2) is 115 Å². The lowest BCUT2D eigenvalue weighted by Gasteiger charge is -2.42. The van der Waals surface area contributed by atoms with Crippen LogP contribution in [-0.2, 0) is 39.8 Å². The van der Waals surface area contributed by atoms with E-state index in [9.17, 15) is 24.3 Å². The number of allylic oxidation sites excluding steroid dienone is 3. The molecule has 0 radical (unpaired) electrons. The number of anilines is 1. The number of carbonyl (C=O) groups excluding carboxylic acids is 4. The molecule has 9 atom stereocenters. The molecule has 15 heteroatoms. The second-order valence-electron chi connectivity index (χ2n) is 14.2. The van der Waals surface area contributed by atoms with Gasteiger partial charge in [-0.25, -0.2) is 9.59 Å². The fourth-order valence-electron chi connectivity index (χ4n) is 6.69. The molecule has 3 amide bonds. The van der Waals surface area contributed by atoms with Gasteiger partial charge in [-0.1, -0.05) is 49.2 Å². The van der Waals surface area contributed by atoms with Gasteiger partial charge in [0.2, 0.25) is 11.8 Å². The van der Waals surface area contributed by atoms with Crippen LogP contribution in [0.5, 0.6) is 5.75 Å². The number of nitrogens with zero attached hydrogens (tertiary/aromatic N) is 2. The Morgan fingerprint density at radius 3 is 2.58 bits per heavy atom. The van der Waals surface area contributed by atoms with Gasteiger partial charge in [-0.2, -0.15) is 11.8 Å². The fraction of sp³-hybridized carbons (Fsp3) is 0.622. The molecule has 2 fully saturated rings. The van der Waals surface area contributed by atoms with Crippen molar-refractivity contribution in [2.75, 3.05) is 39.5 Å². The molecular formula is C37H52ClN3O10S. The summed E-state index contributed by atoms with van der Waals surface area (Å²) in [5.41, 5.74) is -0.887. The zero-order chi connectivity index (χ0) is 38.7. The predicted molar refractivity (Wildman–Crippen MR) is 199 cm³/mol. The number of fused-ring (bicyclic) bond motifs is 5. The summed E-state index contributed by atoms with van der Waals surface area (Å²) in [6.07, 6.45) is 3.15. The first kappa shape index (κ1) is 41.5. The van der Waals surface area contributed by atoms with Crippen molar-refractivity contribution in [1.82, 2.24) is 10.2 Å². The summed E-state index contributed by atoms with van der Waals surface area (Å²) >= 11 is 8.30. The summed E-state index contributed by atoms with van der Waals surface area (Å²) in [6, 6.07) is 2.63. The first-order valence-electron chi connectivity index (χ1n) is 17.3. The Kier molecular flexibility index (Phi) is 13.4. The third kappa shape index (κ3) is 9.07. The number of thioether (sulfide) groups is 1. The number of hydrogen-bond acceptors (Lipinski definition) is 11. The number of aliphatic hydroxyl groups is 1. The largest absolute Gasteiger partial charge is 0.495 e. The van der Waals surface area contributed by atoms with Crippen LogP contribution < -0.4 is 15.0 Å². The number of likely N-dealkylation sites (N-methyl/N-ethyl adjacent to an activating group) is 1. The minimum atomic E-state index is -1.82. The first-order chi connectivity index (χ1) is 24.4. The Hall–Kier alpha value is -3.30. The highest BCUT2D eigenvalue weighted by Crippen LogP contribution is 2.49. The fourth-order valence-corrected chi connectivity index (χ4v) is 7.31. The smallest absolute Gasteiger partial charge is 0.409 e. The third-order valence-corrected chi connectivity index (χ3v) is 11.7. The van der Waals surface area contributed by atoms with Gasteiger partial charge >= 0.3 is 12.1 Å². The molecule has 2 saturated heterocycles. The van der Waals surface area contributed by atoms with Crippen molar-refractivity contribution in [1.29, 1.82) is 0 Å². The topological polar surface area (TPSA) is 156 Å². The van der Waals surface area contributed by atoms with E-state index >= 15 is 0 Å². The minimum Gasteiger partial charge on any atom is -0.495 e. The number of halogens is 1. The maximum Gasteiger partial charge on any atom is 0.409 e. The van der Waals surface area contributed by atoms with Crippen LogP contribution in [0, 0.1) is 5.92 Å². The second-order valence-corrected chi connectivity index (χ2v) is 15.8. The van der Waals surface area contributed by atoms with E-state index in [1.54, 1.807) is 70.9 Å². The van der Waals surface area contributed by atoms with Gasteiger partial charge in [-0.3, -0.25) is 14.9 Å². The number of amides is 3. The number of carbonyl (C=O) groups is 4. The highest BCUT2D eigenvalue weighted by Gasteiger charge is 2.64. The Morgan fingerprint density at radius 2 is 1.94 bits per heavy atom. The number of epoxide rings is 1. The number of hydrogen-bond donors (Lipinski definition) is 2. The average molecular weight is 766 g/mol. The number of nitrogens with one attached hydrogen (secondary N) is 1. The van der Waals surface area contributed by atoms with E-state index in [1.807, 2.05) is 26.2 Å². The molecule has 52 heavy (non-hydrogen) atoms. The number of ether oxygens (including phenoxy) is 5. The number of rotatable bonds is 8. The number of esters is 1. The predicted octanol–water partition coefficient (Wildman–Crippen LogP) is 4.66. The Balaban J connectivity index is 1.76. The van der Waals surface area contributed by atoms with Crippen LogP contribution in [0.25, 0.3) is 0 Å². The van der Waals surface area contributed by atoms with E-state index in [0.717, 1.165) is 11.1 Å². The Bertz CT molecular complexity index is 1590. The number of benzene rings is 1. The highest BCUT2D eigenvalue weighted by atomic mass is 35.5. The molecule has 0 aliphatic carbocycles. The summed E-state index contributed by atoms with van der Waals surface area (Å²) in [5, 5.41) is 14.5. The maximum atomic E-state index is 14.1. The first-order valence-corrected chi connectivity index (χ1v) is 18.9. The molecule has 3 aliphatic heterocycles. The highest BCUT2D eigenvalue weighted by molar-refractivity contribution is 7.99. The molecule has 0 aromatic heterocycles. The lowest BCUT2D eigenvalue weighted by atomic mass is 9.83. The van der Waals surface area contributed by atoms with E-state index in [4.69, 9.17) is 35.3 Å². The molecular weight excluding hydrogens is 714 g/mol. The average Bonchev–Trinajstić information content (AvgIpc) is 3.80. The van der Waals surface area contributed by atoms with E-state index < -0.39 is 65.7 Å². The van der Waals surface area contributed by atoms with Crippen LogP contribution in [0.4, 0.5) is 10.5 Å². The molecule has 13 nitrogen and oxygen atoms in total. The van der Waals surface area contributed by atoms with Gasteiger partial charge in [-0.05, 0) is 51.1 Å². The third-order valence-electron chi connectivity index (χ3n) is 10.4. The van der Waals surface area contributed by atoms with E-state index in [1.165, 1.54) is 24.0 Å². The second kappa shape index (κ2) is 16.8. The van der Waals surface area contributed by atoms with Crippen LogP contribution >= 0.6 is 23.4 Å². The molecule has 0 spiro atoms. The summed E-state index contributed by atoms with van der Waals surface area (Å²) in [6.45, 7) is 8.95. The van der Waals surface area contributed by atoms with E-state index in [-0.39, 0.29) is 35.4 Å². The van der Waals surface area contributed by atoms with Gasteiger partial charge < -0.3 is 38.6 Å². The number of alkyl carbamates (subject to hydrolysis) is 1. The molecule has 1 aromatic carbocycles. The molecule has 4 bridgehead atoms. The maximum absolute atomic E-state index is 14.1. The molecule has 2 N–H and O–H groups in total. The van der Waals surface area contributed by atoms with Crippen molar-refractivity contribution < 1.29 is 48.0 Å². The molecule has 1 aromatic rings. The van der Waals surface area contributed by atoms with E-state index in [0.29, 0.717) is 17.9 Å². The zero-order valence-electron chi connectivity index (χ0n) is 31.6. The SMILES string of the molecule is COc1cc2cc(c1Cl)N(C)C(=O)C[C@H](OC(=O)[C@H](C)N(C)C(=O)CC(C)SC)[C@]1(C)O[C@H]1[C@H](C)[C@@H]1C[C@@](O)(NC(=O)O1)[C@H](OC)/C=C/C=C(\C)C2. The quantitative estimate of drug-likeness (QED) is 0.281. The van der Waals surface area contributed by atoms with Gasteiger partial charge in [0.1, 0.15) is 40.7 Å². The molecule has 1 unspecified atom stereocenters. The summed E-state index contributed by atoms with van der Waals surface area (Å²) in [5.74, 6) is -1.50. The Labute approximate surface area is 315 Å². The van der Waals surface area contributed by atoms with Crippen LogP contribution in [0.2, 0.25) is 5.02 Å². The lowest BCUT2D eigenvalue weighted by molar-refractivity contribution is -0.162. The molecule has 4 rings (SSSR count). The van der Waals surface area contributed by atoms with Crippen molar-refractivity contribution in [3.05, 3.63) is 46.5 Å². The summed E-state index contributed by atoms with van der Waals surface area (Å²) in [7, 11) is 6.05. The van der Waals surface area contributed by atoms with Crippen molar-refractivity contribution in [3.8, 4) is 5.75 Å².